The number of nitrogens with one attached hydrogen (secondary N) is 2. The van der Waals surface area contributed by atoms with Crippen molar-refractivity contribution in [2.24, 2.45) is 0 Å². The first-order valence-corrected chi connectivity index (χ1v) is 11.5. The molecule has 2 aliphatic heterocycles. The summed E-state index contributed by atoms with van der Waals surface area (Å²) in [4.78, 5) is 36.6. The Morgan fingerprint density at radius 1 is 1.31 bits per heavy atom. The second-order valence-corrected chi connectivity index (χ2v) is 9.19. The van der Waals surface area contributed by atoms with Gasteiger partial charge in [-0.2, -0.15) is 0 Å². The zero-order valence-corrected chi connectivity index (χ0v) is 19.9. The monoisotopic (exact) mass is 517 g/mol. The van der Waals surface area contributed by atoms with Crippen LogP contribution in [0.5, 0.6) is 5.75 Å². The van der Waals surface area contributed by atoms with E-state index in [0.717, 1.165) is 5.56 Å². The number of benzene rings is 1. The SMILES string of the molecule is CN1Cc2cc(-c3cc(C(=O)Nc4ccc(OC(F)(F)Cl)cc4)cnc3N3CCC(O)C3)[nH]c2C1=O. The molecule has 1 aromatic carbocycles. The molecule has 3 N–H and O–H groups in total. The van der Waals surface area contributed by atoms with Crippen LogP contribution in [0.15, 0.2) is 42.6 Å². The molecule has 0 saturated carbocycles. The summed E-state index contributed by atoms with van der Waals surface area (Å²) in [5, 5.41) is 12.7. The number of aromatic amines is 1. The summed E-state index contributed by atoms with van der Waals surface area (Å²) < 4.78 is 29.9. The van der Waals surface area contributed by atoms with Crippen molar-refractivity contribution in [1.82, 2.24) is 14.9 Å². The number of fused-ring (bicyclic) bond motifs is 1. The van der Waals surface area contributed by atoms with Crippen molar-refractivity contribution in [3.63, 3.8) is 0 Å². The van der Waals surface area contributed by atoms with E-state index in [0.29, 0.717) is 54.5 Å². The maximum absolute atomic E-state index is 13.0. The van der Waals surface area contributed by atoms with E-state index in [9.17, 15) is 23.5 Å². The molecule has 2 aromatic heterocycles. The van der Waals surface area contributed by atoms with Crippen LogP contribution in [0, 0.1) is 0 Å². The number of ether oxygens (including phenoxy) is 1. The van der Waals surface area contributed by atoms with Gasteiger partial charge in [0.05, 0.1) is 17.4 Å². The summed E-state index contributed by atoms with van der Waals surface area (Å²) >= 11 is 4.77. The first-order chi connectivity index (χ1) is 17.1. The number of hydrogen-bond acceptors (Lipinski definition) is 6. The number of aliphatic hydroxyl groups is 1. The lowest BCUT2D eigenvalue weighted by Gasteiger charge is -2.20. The number of rotatable bonds is 6. The Morgan fingerprint density at radius 2 is 2.06 bits per heavy atom. The summed E-state index contributed by atoms with van der Waals surface area (Å²) in [6, 6.07) is 8.86. The van der Waals surface area contributed by atoms with Crippen LogP contribution in [-0.4, -0.2) is 63.6 Å². The Morgan fingerprint density at radius 3 is 2.69 bits per heavy atom. The van der Waals surface area contributed by atoms with Gasteiger partial charge in [-0.3, -0.25) is 9.59 Å². The molecule has 188 valence electrons. The van der Waals surface area contributed by atoms with Gasteiger partial charge >= 0.3 is 5.57 Å². The second kappa shape index (κ2) is 9.07. The molecule has 36 heavy (non-hydrogen) atoms. The topological polar surface area (TPSA) is 111 Å². The summed E-state index contributed by atoms with van der Waals surface area (Å²) in [6.07, 6.45) is 1.56. The molecule has 0 spiro atoms. The van der Waals surface area contributed by atoms with Gasteiger partial charge in [-0.05, 0) is 42.8 Å². The molecule has 3 aromatic rings. The van der Waals surface area contributed by atoms with Crippen LogP contribution < -0.4 is 15.0 Å². The van der Waals surface area contributed by atoms with Gasteiger partial charge in [0.15, 0.2) is 0 Å². The lowest BCUT2D eigenvalue weighted by molar-refractivity contribution is -0.0964. The molecule has 0 radical (unpaired) electrons. The Hall–Kier alpha value is -3.70. The van der Waals surface area contributed by atoms with Crippen molar-refractivity contribution in [2.45, 2.75) is 24.6 Å². The lowest BCUT2D eigenvalue weighted by Crippen LogP contribution is -2.23. The molecule has 4 heterocycles. The molecule has 9 nitrogen and oxygen atoms in total. The average molecular weight is 518 g/mol. The number of aromatic nitrogens is 2. The zero-order chi connectivity index (χ0) is 25.6. The van der Waals surface area contributed by atoms with Crippen LogP contribution in [0.3, 0.4) is 0 Å². The lowest BCUT2D eigenvalue weighted by atomic mass is 10.1. The van der Waals surface area contributed by atoms with E-state index in [4.69, 9.17) is 11.6 Å². The molecule has 12 heteroatoms. The highest BCUT2D eigenvalue weighted by molar-refractivity contribution is 6.20. The van der Waals surface area contributed by atoms with Crippen LogP contribution in [0.25, 0.3) is 11.3 Å². The Kier molecular flexibility index (Phi) is 6.05. The highest BCUT2D eigenvalue weighted by Gasteiger charge is 2.30. The molecule has 1 saturated heterocycles. The number of alkyl halides is 3. The van der Waals surface area contributed by atoms with Gasteiger partial charge in [-0.15, -0.1) is 8.78 Å². The van der Waals surface area contributed by atoms with Crippen molar-refractivity contribution in [3.05, 3.63) is 59.4 Å². The number of carbonyl (C=O) groups excluding carboxylic acids is 2. The van der Waals surface area contributed by atoms with Gasteiger partial charge in [0.25, 0.3) is 11.8 Å². The standard InChI is InChI=1S/C24H22ClF2N5O4/c1-31-11-14-9-19(30-20(14)23(31)35)18-8-13(10-28-21(18)32-7-6-16(33)12-32)22(34)29-15-2-4-17(5-3-15)36-24(25,26)27/h2-5,8-10,16,30,33H,6-7,11-12H2,1H3,(H,29,34). The first-order valence-electron chi connectivity index (χ1n) is 11.2. The highest BCUT2D eigenvalue weighted by atomic mass is 35.5. The average Bonchev–Trinajstić information content (AvgIpc) is 3.50. The third kappa shape index (κ3) is 4.84. The first kappa shape index (κ1) is 24.0. The fourth-order valence-electron chi connectivity index (χ4n) is 4.39. The van der Waals surface area contributed by atoms with Crippen LogP contribution in [0.1, 0.15) is 32.8 Å². The fraction of sp³-hybridized carbons (Fsp3) is 0.292. The molecule has 2 amide bonds. The van der Waals surface area contributed by atoms with Gasteiger partial charge in [0.2, 0.25) is 0 Å². The number of anilines is 2. The summed E-state index contributed by atoms with van der Waals surface area (Å²) in [5.74, 6) is -0.153. The number of aliphatic hydroxyl groups excluding tert-OH is 1. The maximum Gasteiger partial charge on any atom is 0.487 e. The predicted molar refractivity (Wildman–Crippen MR) is 128 cm³/mol. The van der Waals surface area contributed by atoms with E-state index >= 15 is 0 Å². The Bertz CT molecular complexity index is 1330. The molecule has 2 aliphatic rings. The molecule has 0 bridgehead atoms. The van der Waals surface area contributed by atoms with Gasteiger partial charge in [-0.1, -0.05) is 0 Å². The van der Waals surface area contributed by atoms with Crippen LogP contribution in [0.4, 0.5) is 20.3 Å². The summed E-state index contributed by atoms with van der Waals surface area (Å²) in [6.45, 7) is 1.49. The number of pyridine rings is 1. The van der Waals surface area contributed by atoms with Crippen LogP contribution in [0.2, 0.25) is 0 Å². The number of nitrogens with zero attached hydrogens (tertiary/aromatic N) is 3. The predicted octanol–water partition coefficient (Wildman–Crippen LogP) is 3.65. The second-order valence-electron chi connectivity index (χ2n) is 8.75. The third-order valence-corrected chi connectivity index (χ3v) is 6.17. The summed E-state index contributed by atoms with van der Waals surface area (Å²) in [5.41, 5.74) is -0.620. The number of amides is 2. The molecular weight excluding hydrogens is 496 g/mol. The van der Waals surface area contributed by atoms with Gasteiger partial charge in [-0.25, -0.2) is 4.98 Å². The highest BCUT2D eigenvalue weighted by Crippen LogP contribution is 2.35. The maximum atomic E-state index is 13.0. The normalized spacial score (nSPS) is 17.5. The van der Waals surface area contributed by atoms with Gasteiger partial charge in [0.1, 0.15) is 17.3 Å². The molecular formula is C24H22ClF2N5O4. The van der Waals surface area contributed by atoms with E-state index < -0.39 is 17.6 Å². The molecule has 0 aliphatic carbocycles. The van der Waals surface area contributed by atoms with Gasteiger partial charge < -0.3 is 29.9 Å². The largest absolute Gasteiger partial charge is 0.487 e. The van der Waals surface area contributed by atoms with E-state index in [1.807, 2.05) is 11.0 Å². The van der Waals surface area contributed by atoms with E-state index in [1.165, 1.54) is 30.5 Å². The van der Waals surface area contributed by atoms with Crippen molar-refractivity contribution in [2.75, 3.05) is 30.4 Å². The minimum Gasteiger partial charge on any atom is -0.420 e. The van der Waals surface area contributed by atoms with Gasteiger partial charge in [0, 0.05) is 61.3 Å². The fourth-order valence-corrected chi connectivity index (χ4v) is 4.47. The van der Waals surface area contributed by atoms with Crippen LogP contribution in [-0.2, 0) is 6.54 Å². The smallest absolute Gasteiger partial charge is 0.420 e. The van der Waals surface area contributed by atoms with Crippen molar-refractivity contribution in [1.29, 1.82) is 0 Å². The number of H-pyrrole nitrogens is 1. The summed E-state index contributed by atoms with van der Waals surface area (Å²) in [7, 11) is 1.72. The third-order valence-electron chi connectivity index (χ3n) is 6.10. The van der Waals surface area contributed by atoms with E-state index in [-0.39, 0.29) is 17.2 Å². The molecule has 5 rings (SSSR count). The Labute approximate surface area is 209 Å². The van der Waals surface area contributed by atoms with Crippen molar-refractivity contribution in [3.8, 4) is 17.0 Å². The van der Waals surface area contributed by atoms with Crippen molar-refractivity contribution < 1.29 is 28.2 Å². The number of halogens is 3. The quantitative estimate of drug-likeness (QED) is 0.430. The van der Waals surface area contributed by atoms with Crippen molar-refractivity contribution >= 4 is 34.9 Å². The number of carbonyl (C=O) groups is 2. The number of β-amino-alcohol motifs (C(OH)–C–C–N with tert-alkyl or cyclic N) is 1. The van der Waals surface area contributed by atoms with E-state index in [1.54, 1.807) is 18.0 Å². The molecule has 1 fully saturated rings. The van der Waals surface area contributed by atoms with E-state index in [2.05, 4.69) is 20.0 Å². The molecule has 1 unspecified atom stereocenters. The van der Waals surface area contributed by atoms with Crippen LogP contribution >= 0.6 is 11.6 Å². The zero-order valence-electron chi connectivity index (χ0n) is 19.1. The minimum absolute atomic E-state index is 0.115. The molecule has 1 atom stereocenters. The Balaban J connectivity index is 1.43. The number of hydrogen-bond donors (Lipinski definition) is 3. The minimum atomic E-state index is -3.84.